The van der Waals surface area contributed by atoms with Gasteiger partial charge in [0.25, 0.3) is 0 Å². The number of hydrogen-bond donors (Lipinski definition) is 1. The number of aromatic nitrogens is 2. The SMILES string of the molecule is CCNc1nc(C2(OCC)CCCC2)nc(C(C)C)c1I. The highest BCUT2D eigenvalue weighted by atomic mass is 127. The Morgan fingerprint density at radius 2 is 1.90 bits per heavy atom. The van der Waals surface area contributed by atoms with Gasteiger partial charge < -0.3 is 10.1 Å². The summed E-state index contributed by atoms with van der Waals surface area (Å²) in [6, 6.07) is 0. The largest absolute Gasteiger partial charge is 0.369 e. The normalized spacial score (nSPS) is 17.4. The lowest BCUT2D eigenvalue weighted by Crippen LogP contribution is -2.30. The minimum absolute atomic E-state index is 0.271. The molecule has 0 radical (unpaired) electrons. The molecule has 1 fully saturated rings. The van der Waals surface area contributed by atoms with Gasteiger partial charge in [0.2, 0.25) is 0 Å². The molecule has 0 aromatic carbocycles. The Morgan fingerprint density at radius 3 is 2.43 bits per heavy atom. The van der Waals surface area contributed by atoms with E-state index in [2.05, 4.69) is 55.6 Å². The summed E-state index contributed by atoms with van der Waals surface area (Å²) in [5.41, 5.74) is 0.856. The van der Waals surface area contributed by atoms with Crippen molar-refractivity contribution in [3.63, 3.8) is 0 Å². The van der Waals surface area contributed by atoms with Gasteiger partial charge >= 0.3 is 0 Å². The minimum Gasteiger partial charge on any atom is -0.369 e. The van der Waals surface area contributed by atoms with Crippen molar-refractivity contribution in [2.24, 2.45) is 0 Å². The molecule has 0 amide bonds. The molecule has 1 N–H and O–H groups in total. The summed E-state index contributed by atoms with van der Waals surface area (Å²) in [4.78, 5) is 9.73. The summed E-state index contributed by atoms with van der Waals surface area (Å²) >= 11 is 2.36. The van der Waals surface area contributed by atoms with Crippen LogP contribution in [0.4, 0.5) is 5.82 Å². The molecule has 21 heavy (non-hydrogen) atoms. The van der Waals surface area contributed by atoms with Gasteiger partial charge in [-0.05, 0) is 68.0 Å². The number of hydrogen-bond acceptors (Lipinski definition) is 4. The molecule has 1 aromatic rings. The van der Waals surface area contributed by atoms with Gasteiger partial charge in [-0.2, -0.15) is 0 Å². The van der Waals surface area contributed by atoms with Crippen LogP contribution in [-0.2, 0) is 10.3 Å². The lowest BCUT2D eigenvalue weighted by Gasteiger charge is -2.29. The van der Waals surface area contributed by atoms with Crippen LogP contribution in [0.1, 0.15) is 70.8 Å². The zero-order valence-corrected chi connectivity index (χ0v) is 15.7. The van der Waals surface area contributed by atoms with Crippen molar-refractivity contribution in [3.8, 4) is 0 Å². The van der Waals surface area contributed by atoms with Gasteiger partial charge in [-0.1, -0.05) is 13.8 Å². The summed E-state index contributed by atoms with van der Waals surface area (Å²) in [5, 5.41) is 3.38. The number of rotatable bonds is 6. The zero-order chi connectivity index (χ0) is 15.5. The van der Waals surface area contributed by atoms with E-state index in [4.69, 9.17) is 14.7 Å². The standard InChI is InChI=1S/C16H26IN3O/c1-5-18-14-12(17)13(11(3)4)19-15(20-14)16(21-6-2)9-7-8-10-16/h11H,5-10H2,1-4H3,(H,18,19,20). The van der Waals surface area contributed by atoms with Gasteiger partial charge in [0, 0.05) is 13.2 Å². The van der Waals surface area contributed by atoms with Crippen LogP contribution >= 0.6 is 22.6 Å². The van der Waals surface area contributed by atoms with Gasteiger partial charge in [-0.15, -0.1) is 0 Å². The second-order valence-electron chi connectivity index (χ2n) is 5.91. The summed E-state index contributed by atoms with van der Waals surface area (Å²) in [6.07, 6.45) is 4.46. The fourth-order valence-corrected chi connectivity index (χ4v) is 4.04. The van der Waals surface area contributed by atoms with Crippen LogP contribution < -0.4 is 5.32 Å². The molecule has 0 atom stereocenters. The van der Waals surface area contributed by atoms with Crippen LogP contribution in [0.25, 0.3) is 0 Å². The lowest BCUT2D eigenvalue weighted by molar-refractivity contribution is -0.0458. The van der Waals surface area contributed by atoms with Gasteiger partial charge in [-0.25, -0.2) is 9.97 Å². The van der Waals surface area contributed by atoms with E-state index in [1.165, 1.54) is 12.8 Å². The molecular formula is C16H26IN3O. The molecule has 1 aliphatic carbocycles. The molecule has 1 heterocycles. The topological polar surface area (TPSA) is 47.0 Å². The fraction of sp³-hybridized carbons (Fsp3) is 0.750. The summed E-state index contributed by atoms with van der Waals surface area (Å²) in [5.74, 6) is 2.22. The van der Waals surface area contributed by atoms with E-state index in [0.29, 0.717) is 12.5 Å². The third-order valence-corrected chi connectivity index (χ3v) is 5.07. The van der Waals surface area contributed by atoms with Gasteiger partial charge in [0.15, 0.2) is 5.82 Å². The highest BCUT2D eigenvalue weighted by molar-refractivity contribution is 14.1. The monoisotopic (exact) mass is 403 g/mol. The average molecular weight is 403 g/mol. The van der Waals surface area contributed by atoms with E-state index in [9.17, 15) is 0 Å². The number of halogens is 1. The summed E-state index contributed by atoms with van der Waals surface area (Å²) in [6.45, 7) is 10.1. The molecule has 1 saturated carbocycles. The quantitative estimate of drug-likeness (QED) is 0.714. The molecular weight excluding hydrogens is 377 g/mol. The van der Waals surface area contributed by atoms with Crippen LogP contribution in [0.5, 0.6) is 0 Å². The first-order valence-corrected chi connectivity index (χ1v) is 9.07. The Hall–Kier alpha value is -0.430. The van der Waals surface area contributed by atoms with E-state index in [-0.39, 0.29) is 5.60 Å². The average Bonchev–Trinajstić information content (AvgIpc) is 2.91. The van der Waals surface area contributed by atoms with Crippen LogP contribution in [-0.4, -0.2) is 23.1 Å². The first-order chi connectivity index (χ1) is 10.0. The van der Waals surface area contributed by atoms with Gasteiger partial charge in [0.1, 0.15) is 11.4 Å². The number of nitrogens with zero attached hydrogens (tertiary/aromatic N) is 2. The molecule has 0 spiro atoms. The van der Waals surface area contributed by atoms with E-state index in [1.807, 2.05) is 0 Å². The van der Waals surface area contributed by atoms with Crippen molar-refractivity contribution in [2.75, 3.05) is 18.5 Å². The molecule has 118 valence electrons. The molecule has 1 aliphatic rings. The minimum atomic E-state index is -0.271. The van der Waals surface area contributed by atoms with Crippen LogP contribution in [0.3, 0.4) is 0 Å². The molecule has 0 aliphatic heterocycles. The molecule has 0 unspecified atom stereocenters. The molecule has 0 bridgehead atoms. The number of anilines is 1. The van der Waals surface area contributed by atoms with Crippen LogP contribution in [0, 0.1) is 3.57 Å². The first kappa shape index (κ1) is 16.9. The zero-order valence-electron chi connectivity index (χ0n) is 13.5. The van der Waals surface area contributed by atoms with E-state index >= 15 is 0 Å². The molecule has 0 saturated heterocycles. The predicted octanol–water partition coefficient (Wildman–Crippen LogP) is 4.44. The van der Waals surface area contributed by atoms with Gasteiger partial charge in [-0.3, -0.25) is 0 Å². The van der Waals surface area contributed by atoms with Crippen molar-refractivity contribution in [1.29, 1.82) is 0 Å². The molecule has 1 aromatic heterocycles. The number of ether oxygens (including phenoxy) is 1. The maximum Gasteiger partial charge on any atom is 0.162 e. The van der Waals surface area contributed by atoms with E-state index in [1.54, 1.807) is 0 Å². The Bertz CT molecular complexity index is 485. The summed E-state index contributed by atoms with van der Waals surface area (Å²) in [7, 11) is 0. The Balaban J connectivity index is 2.51. The highest BCUT2D eigenvalue weighted by Crippen LogP contribution is 2.42. The lowest BCUT2D eigenvalue weighted by atomic mass is 10.00. The van der Waals surface area contributed by atoms with Crippen molar-refractivity contribution in [2.45, 2.75) is 64.9 Å². The second-order valence-corrected chi connectivity index (χ2v) is 6.99. The van der Waals surface area contributed by atoms with Crippen LogP contribution in [0.2, 0.25) is 0 Å². The predicted molar refractivity (Wildman–Crippen MR) is 94.8 cm³/mol. The van der Waals surface area contributed by atoms with Crippen molar-refractivity contribution < 1.29 is 4.74 Å². The van der Waals surface area contributed by atoms with Crippen molar-refractivity contribution in [1.82, 2.24) is 9.97 Å². The van der Waals surface area contributed by atoms with E-state index in [0.717, 1.165) is 40.3 Å². The maximum absolute atomic E-state index is 6.13. The van der Waals surface area contributed by atoms with E-state index < -0.39 is 0 Å². The summed E-state index contributed by atoms with van der Waals surface area (Å²) < 4.78 is 7.27. The highest BCUT2D eigenvalue weighted by Gasteiger charge is 2.40. The smallest absolute Gasteiger partial charge is 0.162 e. The molecule has 5 heteroatoms. The van der Waals surface area contributed by atoms with Gasteiger partial charge in [0.05, 0.1) is 9.26 Å². The fourth-order valence-electron chi connectivity index (χ4n) is 2.99. The Kier molecular flexibility index (Phi) is 5.82. The third kappa shape index (κ3) is 3.50. The first-order valence-electron chi connectivity index (χ1n) is 7.99. The second kappa shape index (κ2) is 7.22. The number of nitrogens with one attached hydrogen (secondary N) is 1. The maximum atomic E-state index is 6.13. The third-order valence-electron chi connectivity index (χ3n) is 4.01. The van der Waals surface area contributed by atoms with Crippen LogP contribution in [0.15, 0.2) is 0 Å². The Morgan fingerprint density at radius 1 is 1.24 bits per heavy atom. The Labute approximate surface area is 141 Å². The molecule has 4 nitrogen and oxygen atoms in total. The van der Waals surface area contributed by atoms with Crippen molar-refractivity contribution >= 4 is 28.4 Å². The van der Waals surface area contributed by atoms with Crippen molar-refractivity contribution in [3.05, 3.63) is 15.1 Å². The molecule has 2 rings (SSSR count).